The highest BCUT2D eigenvalue weighted by molar-refractivity contribution is 5.84. The van der Waals surface area contributed by atoms with Crippen LogP contribution in [-0.4, -0.2) is 53.2 Å². The van der Waals surface area contributed by atoms with Crippen molar-refractivity contribution >= 4 is 17.5 Å². The fraction of sp³-hybridized carbons (Fsp3) is 0.421. The quantitative estimate of drug-likeness (QED) is 0.867. The highest BCUT2D eigenvalue weighted by atomic mass is 19.1. The minimum Gasteiger partial charge on any atom is -0.369 e. The molecule has 7 nitrogen and oxygen atoms in total. The summed E-state index contributed by atoms with van der Waals surface area (Å²) in [6.07, 6.45) is 0.801. The Morgan fingerprint density at radius 1 is 1.33 bits per heavy atom. The maximum atomic E-state index is 13.0. The van der Waals surface area contributed by atoms with Crippen molar-refractivity contribution in [2.75, 3.05) is 32.1 Å². The van der Waals surface area contributed by atoms with E-state index < -0.39 is 11.4 Å². The largest absolute Gasteiger partial charge is 0.369 e. The first-order chi connectivity index (χ1) is 12.9. The fourth-order valence-electron chi connectivity index (χ4n) is 2.76. The third kappa shape index (κ3) is 4.58. The Kier molecular flexibility index (Phi) is 5.67. The summed E-state index contributed by atoms with van der Waals surface area (Å²) in [5, 5.41) is 3.03. The topological polar surface area (TPSA) is 76.6 Å². The van der Waals surface area contributed by atoms with E-state index >= 15 is 0 Å². The van der Waals surface area contributed by atoms with Gasteiger partial charge in [-0.15, -0.1) is 0 Å². The molecule has 1 atom stereocenters. The SMILES string of the molecule is COC(C)(C)C(=O)N1CCO[C@H](c2cccc(Nc3ccc(F)cn3)n2)C1. The van der Waals surface area contributed by atoms with Gasteiger partial charge in [0.05, 0.1) is 25.0 Å². The van der Waals surface area contributed by atoms with Gasteiger partial charge in [-0.2, -0.15) is 0 Å². The minimum absolute atomic E-state index is 0.0805. The van der Waals surface area contributed by atoms with Gasteiger partial charge in [0.15, 0.2) is 0 Å². The Bertz CT molecular complexity index is 798. The molecule has 2 aromatic heterocycles. The lowest BCUT2D eigenvalue weighted by Crippen LogP contribution is -2.51. The van der Waals surface area contributed by atoms with Crippen LogP contribution in [0.5, 0.6) is 0 Å². The van der Waals surface area contributed by atoms with Gasteiger partial charge in [0.2, 0.25) is 0 Å². The molecule has 144 valence electrons. The van der Waals surface area contributed by atoms with Gasteiger partial charge in [0, 0.05) is 13.7 Å². The van der Waals surface area contributed by atoms with E-state index in [1.165, 1.54) is 19.2 Å². The number of morpholine rings is 1. The molecule has 2 aromatic rings. The van der Waals surface area contributed by atoms with Gasteiger partial charge < -0.3 is 19.7 Å². The van der Waals surface area contributed by atoms with Crippen molar-refractivity contribution in [3.05, 3.63) is 48.0 Å². The number of halogens is 1. The van der Waals surface area contributed by atoms with Crippen molar-refractivity contribution in [3.63, 3.8) is 0 Å². The maximum Gasteiger partial charge on any atom is 0.254 e. The van der Waals surface area contributed by atoms with E-state index in [0.717, 1.165) is 6.20 Å². The van der Waals surface area contributed by atoms with Crippen LogP contribution in [0.1, 0.15) is 25.6 Å². The molecular formula is C19H23FN4O3. The van der Waals surface area contributed by atoms with Gasteiger partial charge in [0.25, 0.3) is 5.91 Å². The van der Waals surface area contributed by atoms with Crippen LogP contribution in [-0.2, 0) is 14.3 Å². The number of hydrogen-bond acceptors (Lipinski definition) is 6. The molecule has 0 bridgehead atoms. The first-order valence-electron chi connectivity index (χ1n) is 8.71. The zero-order valence-corrected chi connectivity index (χ0v) is 15.6. The molecule has 27 heavy (non-hydrogen) atoms. The van der Waals surface area contributed by atoms with Crippen LogP contribution in [0, 0.1) is 5.82 Å². The number of anilines is 2. The number of methoxy groups -OCH3 is 1. The number of pyridine rings is 2. The second-order valence-electron chi connectivity index (χ2n) is 6.76. The van der Waals surface area contributed by atoms with E-state index in [1.807, 2.05) is 12.1 Å². The van der Waals surface area contributed by atoms with Crippen molar-refractivity contribution in [1.82, 2.24) is 14.9 Å². The number of amides is 1. The lowest BCUT2D eigenvalue weighted by Gasteiger charge is -2.36. The van der Waals surface area contributed by atoms with Crippen molar-refractivity contribution in [3.8, 4) is 0 Å². The molecule has 0 aliphatic carbocycles. The molecule has 0 aromatic carbocycles. The summed E-state index contributed by atoms with van der Waals surface area (Å²) in [5.41, 5.74) is -0.178. The molecule has 3 rings (SSSR count). The van der Waals surface area contributed by atoms with Gasteiger partial charge in [-0.1, -0.05) is 6.07 Å². The van der Waals surface area contributed by atoms with Gasteiger partial charge in [-0.05, 0) is 38.1 Å². The van der Waals surface area contributed by atoms with Crippen LogP contribution in [0.15, 0.2) is 36.5 Å². The van der Waals surface area contributed by atoms with Crippen LogP contribution in [0.2, 0.25) is 0 Å². The third-order valence-electron chi connectivity index (χ3n) is 4.46. The molecule has 1 fully saturated rings. The van der Waals surface area contributed by atoms with E-state index in [0.29, 0.717) is 37.0 Å². The Morgan fingerprint density at radius 2 is 2.15 bits per heavy atom. The normalized spacial score (nSPS) is 17.6. The van der Waals surface area contributed by atoms with Crippen molar-refractivity contribution in [2.24, 2.45) is 0 Å². The van der Waals surface area contributed by atoms with E-state index in [-0.39, 0.29) is 12.0 Å². The van der Waals surface area contributed by atoms with Crippen LogP contribution in [0.4, 0.5) is 16.0 Å². The summed E-state index contributed by atoms with van der Waals surface area (Å²) in [5.74, 6) is 0.574. The number of nitrogens with one attached hydrogen (secondary N) is 1. The second kappa shape index (κ2) is 7.98. The summed E-state index contributed by atoms with van der Waals surface area (Å²) >= 11 is 0. The highest BCUT2D eigenvalue weighted by Gasteiger charge is 2.35. The van der Waals surface area contributed by atoms with Crippen LogP contribution in [0.3, 0.4) is 0 Å². The lowest BCUT2D eigenvalue weighted by molar-refractivity contribution is -0.158. The van der Waals surface area contributed by atoms with Gasteiger partial charge in [-0.3, -0.25) is 4.79 Å². The predicted molar refractivity (Wildman–Crippen MR) is 98.1 cm³/mol. The molecule has 1 amide bonds. The summed E-state index contributed by atoms with van der Waals surface area (Å²) in [4.78, 5) is 22.9. The van der Waals surface area contributed by atoms with E-state index in [4.69, 9.17) is 9.47 Å². The monoisotopic (exact) mass is 374 g/mol. The van der Waals surface area contributed by atoms with Crippen molar-refractivity contribution in [1.29, 1.82) is 0 Å². The maximum absolute atomic E-state index is 13.0. The standard InChI is InChI=1S/C19H23FN4O3/c1-19(2,26-3)18(25)24-9-10-27-15(12-24)14-5-4-6-17(22-14)23-16-8-7-13(20)11-21-16/h4-8,11,15H,9-10,12H2,1-3H3,(H,21,22,23)/t15-/m0/s1. The summed E-state index contributed by atoms with van der Waals surface area (Å²) < 4.78 is 24.1. The Hall–Kier alpha value is -2.58. The van der Waals surface area contributed by atoms with Gasteiger partial charge in [0.1, 0.15) is 29.2 Å². The van der Waals surface area contributed by atoms with Crippen LogP contribution >= 0.6 is 0 Å². The molecule has 1 aliphatic rings. The van der Waals surface area contributed by atoms with Crippen LogP contribution < -0.4 is 5.32 Å². The number of carbonyl (C=O) groups is 1. The minimum atomic E-state index is -0.882. The molecule has 0 saturated carbocycles. The smallest absolute Gasteiger partial charge is 0.254 e. The number of ether oxygens (including phenoxy) is 2. The molecule has 0 spiro atoms. The lowest BCUT2D eigenvalue weighted by atomic mass is 10.1. The Balaban J connectivity index is 1.72. The second-order valence-corrected chi connectivity index (χ2v) is 6.76. The molecule has 0 unspecified atom stereocenters. The van der Waals surface area contributed by atoms with E-state index in [2.05, 4.69) is 15.3 Å². The Morgan fingerprint density at radius 3 is 2.85 bits per heavy atom. The number of hydrogen-bond donors (Lipinski definition) is 1. The average Bonchev–Trinajstić information content (AvgIpc) is 2.69. The predicted octanol–water partition coefficient (Wildman–Crippen LogP) is 2.68. The number of nitrogens with zero attached hydrogens (tertiary/aromatic N) is 3. The molecule has 8 heteroatoms. The summed E-state index contributed by atoms with van der Waals surface area (Å²) in [6, 6.07) is 8.34. The first kappa shape index (κ1) is 19.2. The highest BCUT2D eigenvalue weighted by Crippen LogP contribution is 2.25. The van der Waals surface area contributed by atoms with Crippen molar-refractivity contribution < 1.29 is 18.7 Å². The third-order valence-corrected chi connectivity index (χ3v) is 4.46. The number of carbonyl (C=O) groups excluding carboxylic acids is 1. The fourth-order valence-corrected chi connectivity index (χ4v) is 2.76. The molecular weight excluding hydrogens is 351 g/mol. The van der Waals surface area contributed by atoms with Crippen LogP contribution in [0.25, 0.3) is 0 Å². The first-order valence-corrected chi connectivity index (χ1v) is 8.71. The van der Waals surface area contributed by atoms with Gasteiger partial charge in [-0.25, -0.2) is 14.4 Å². The summed E-state index contributed by atoms with van der Waals surface area (Å²) in [7, 11) is 1.52. The summed E-state index contributed by atoms with van der Waals surface area (Å²) in [6.45, 7) is 4.84. The number of aromatic nitrogens is 2. The molecule has 0 radical (unpaired) electrons. The zero-order chi connectivity index (χ0) is 19.4. The molecule has 3 heterocycles. The van der Waals surface area contributed by atoms with E-state index in [1.54, 1.807) is 24.8 Å². The van der Waals surface area contributed by atoms with Crippen molar-refractivity contribution in [2.45, 2.75) is 25.6 Å². The number of rotatable bonds is 5. The Labute approximate surface area is 157 Å². The van der Waals surface area contributed by atoms with Gasteiger partial charge >= 0.3 is 0 Å². The molecule has 1 N–H and O–H groups in total. The van der Waals surface area contributed by atoms with E-state index in [9.17, 15) is 9.18 Å². The average molecular weight is 374 g/mol. The molecule has 1 aliphatic heterocycles. The zero-order valence-electron chi connectivity index (χ0n) is 15.6. The molecule has 1 saturated heterocycles.